The van der Waals surface area contributed by atoms with E-state index in [4.69, 9.17) is 4.74 Å². The van der Waals surface area contributed by atoms with Gasteiger partial charge in [-0.25, -0.2) is 4.39 Å². The molecular formula is C14H21FN2O2. The number of hydrogen-bond donors (Lipinski definition) is 1. The fourth-order valence-corrected chi connectivity index (χ4v) is 1.82. The molecule has 106 valence electrons. The van der Waals surface area contributed by atoms with Gasteiger partial charge in [0.1, 0.15) is 11.6 Å². The van der Waals surface area contributed by atoms with Crippen LogP contribution in [-0.4, -0.2) is 44.1 Å². The van der Waals surface area contributed by atoms with Crippen LogP contribution in [0.1, 0.15) is 24.2 Å². The molecule has 0 atom stereocenters. The first-order chi connectivity index (χ1) is 9.12. The fraction of sp³-hybridized carbons (Fsp3) is 0.500. The topological polar surface area (TPSA) is 41.6 Å². The lowest BCUT2D eigenvalue weighted by Gasteiger charge is -2.18. The molecule has 0 aliphatic carbocycles. The zero-order valence-electron chi connectivity index (χ0n) is 11.7. The van der Waals surface area contributed by atoms with Crippen LogP contribution in [0.4, 0.5) is 4.39 Å². The van der Waals surface area contributed by atoms with Gasteiger partial charge in [0.15, 0.2) is 0 Å². The molecule has 0 fully saturated rings. The van der Waals surface area contributed by atoms with Crippen LogP contribution in [0.15, 0.2) is 18.2 Å². The van der Waals surface area contributed by atoms with Crippen molar-refractivity contribution in [2.24, 2.45) is 0 Å². The molecule has 0 saturated heterocycles. The van der Waals surface area contributed by atoms with Crippen LogP contribution in [0.3, 0.4) is 0 Å². The van der Waals surface area contributed by atoms with Crippen molar-refractivity contribution in [3.63, 3.8) is 0 Å². The van der Waals surface area contributed by atoms with Crippen LogP contribution in [0.2, 0.25) is 0 Å². The van der Waals surface area contributed by atoms with Crippen molar-refractivity contribution in [2.45, 2.75) is 13.8 Å². The van der Waals surface area contributed by atoms with Gasteiger partial charge in [-0.1, -0.05) is 13.8 Å². The van der Waals surface area contributed by atoms with E-state index < -0.39 is 5.82 Å². The van der Waals surface area contributed by atoms with Gasteiger partial charge in [0.05, 0.1) is 12.7 Å². The summed E-state index contributed by atoms with van der Waals surface area (Å²) >= 11 is 0. The molecule has 0 unspecified atom stereocenters. The average molecular weight is 268 g/mol. The highest BCUT2D eigenvalue weighted by Gasteiger charge is 2.13. The molecule has 0 aliphatic rings. The number of halogens is 1. The van der Waals surface area contributed by atoms with Crippen LogP contribution >= 0.6 is 0 Å². The van der Waals surface area contributed by atoms with Crippen LogP contribution < -0.4 is 10.1 Å². The van der Waals surface area contributed by atoms with Gasteiger partial charge in [-0.2, -0.15) is 0 Å². The highest BCUT2D eigenvalue weighted by Crippen LogP contribution is 2.18. The molecule has 5 heteroatoms. The molecule has 1 N–H and O–H groups in total. The standard InChI is InChI=1S/C14H21FN2O2/c1-4-17(5-2)9-8-16-14(18)12-10-11(15)6-7-13(12)19-3/h6-7,10H,4-5,8-9H2,1-3H3,(H,16,18). The highest BCUT2D eigenvalue weighted by molar-refractivity contribution is 5.96. The number of ether oxygens (including phenoxy) is 1. The number of carbonyl (C=O) groups excluding carboxylic acids is 1. The van der Waals surface area contributed by atoms with Crippen molar-refractivity contribution in [1.82, 2.24) is 10.2 Å². The van der Waals surface area contributed by atoms with Gasteiger partial charge in [-0.15, -0.1) is 0 Å². The van der Waals surface area contributed by atoms with Crippen LogP contribution in [0.25, 0.3) is 0 Å². The molecule has 1 amide bonds. The Labute approximate surface area is 113 Å². The Kier molecular flexibility index (Phi) is 6.29. The molecule has 4 nitrogen and oxygen atoms in total. The molecular weight excluding hydrogens is 247 g/mol. The first kappa shape index (κ1) is 15.4. The summed E-state index contributed by atoms with van der Waals surface area (Å²) in [6.45, 7) is 7.32. The van der Waals surface area contributed by atoms with Crippen molar-refractivity contribution in [1.29, 1.82) is 0 Å². The fourth-order valence-electron chi connectivity index (χ4n) is 1.82. The van der Waals surface area contributed by atoms with Crippen molar-refractivity contribution in [3.8, 4) is 5.75 Å². The summed E-state index contributed by atoms with van der Waals surface area (Å²) in [5.74, 6) is -0.389. The first-order valence-corrected chi connectivity index (χ1v) is 6.46. The maximum absolute atomic E-state index is 13.2. The molecule has 1 aromatic carbocycles. The van der Waals surface area contributed by atoms with E-state index in [1.807, 2.05) is 0 Å². The second-order valence-electron chi connectivity index (χ2n) is 4.13. The third-order valence-electron chi connectivity index (χ3n) is 3.01. The second-order valence-corrected chi connectivity index (χ2v) is 4.13. The molecule has 0 radical (unpaired) electrons. The largest absolute Gasteiger partial charge is 0.496 e. The van der Waals surface area contributed by atoms with E-state index in [0.29, 0.717) is 12.3 Å². The summed E-state index contributed by atoms with van der Waals surface area (Å²) in [5.41, 5.74) is 0.224. The van der Waals surface area contributed by atoms with Crippen molar-refractivity contribution < 1.29 is 13.9 Å². The lowest BCUT2D eigenvalue weighted by atomic mass is 10.2. The minimum atomic E-state index is -0.449. The quantitative estimate of drug-likeness (QED) is 0.821. The van der Waals surface area contributed by atoms with Gasteiger partial charge in [-0.05, 0) is 31.3 Å². The third kappa shape index (κ3) is 4.52. The van der Waals surface area contributed by atoms with Crippen molar-refractivity contribution >= 4 is 5.91 Å². The van der Waals surface area contributed by atoms with E-state index in [9.17, 15) is 9.18 Å². The zero-order valence-corrected chi connectivity index (χ0v) is 11.7. The normalized spacial score (nSPS) is 10.6. The van der Waals surface area contributed by atoms with Gasteiger partial charge < -0.3 is 15.0 Å². The van der Waals surface area contributed by atoms with Crippen molar-refractivity contribution in [3.05, 3.63) is 29.6 Å². The predicted octanol–water partition coefficient (Wildman–Crippen LogP) is 1.91. The van der Waals surface area contributed by atoms with Gasteiger partial charge in [0.25, 0.3) is 5.91 Å². The van der Waals surface area contributed by atoms with Crippen LogP contribution in [-0.2, 0) is 0 Å². The minimum absolute atomic E-state index is 0.224. The van der Waals surface area contributed by atoms with Gasteiger partial charge in [-0.3, -0.25) is 4.79 Å². The number of benzene rings is 1. The molecule has 0 aromatic heterocycles. The first-order valence-electron chi connectivity index (χ1n) is 6.46. The van der Waals surface area contributed by atoms with E-state index in [2.05, 4.69) is 24.1 Å². The van der Waals surface area contributed by atoms with E-state index in [-0.39, 0.29) is 11.5 Å². The minimum Gasteiger partial charge on any atom is -0.496 e. The number of carbonyl (C=O) groups is 1. The summed E-state index contributed by atoms with van der Waals surface area (Å²) < 4.78 is 18.2. The molecule has 1 rings (SSSR count). The molecule has 0 heterocycles. The molecule has 1 aromatic rings. The Morgan fingerprint density at radius 3 is 2.63 bits per heavy atom. The maximum Gasteiger partial charge on any atom is 0.255 e. The molecule has 0 saturated carbocycles. The van der Waals surface area contributed by atoms with E-state index in [1.165, 1.54) is 25.3 Å². The predicted molar refractivity (Wildman–Crippen MR) is 73.1 cm³/mol. The Hall–Kier alpha value is -1.62. The Balaban J connectivity index is 2.60. The van der Waals surface area contributed by atoms with Crippen LogP contribution in [0.5, 0.6) is 5.75 Å². The second kappa shape index (κ2) is 7.74. The van der Waals surface area contributed by atoms with Gasteiger partial charge in [0, 0.05) is 13.1 Å². The van der Waals surface area contributed by atoms with E-state index >= 15 is 0 Å². The number of likely N-dealkylation sites (N-methyl/N-ethyl adjacent to an activating group) is 1. The smallest absolute Gasteiger partial charge is 0.255 e. The number of rotatable bonds is 7. The SMILES string of the molecule is CCN(CC)CCNC(=O)c1cc(F)ccc1OC. The van der Waals surface area contributed by atoms with Crippen molar-refractivity contribution in [2.75, 3.05) is 33.3 Å². The summed E-state index contributed by atoms with van der Waals surface area (Å²) in [7, 11) is 1.46. The third-order valence-corrected chi connectivity index (χ3v) is 3.01. The van der Waals surface area contributed by atoms with E-state index in [1.54, 1.807) is 0 Å². The van der Waals surface area contributed by atoms with E-state index in [0.717, 1.165) is 19.6 Å². The van der Waals surface area contributed by atoms with Gasteiger partial charge >= 0.3 is 0 Å². The summed E-state index contributed by atoms with van der Waals surface area (Å²) in [4.78, 5) is 14.2. The Morgan fingerprint density at radius 2 is 2.05 bits per heavy atom. The average Bonchev–Trinajstić information content (AvgIpc) is 2.43. The highest BCUT2D eigenvalue weighted by atomic mass is 19.1. The Bertz CT molecular complexity index is 420. The van der Waals surface area contributed by atoms with Gasteiger partial charge in [0.2, 0.25) is 0 Å². The Morgan fingerprint density at radius 1 is 1.37 bits per heavy atom. The number of hydrogen-bond acceptors (Lipinski definition) is 3. The summed E-state index contributed by atoms with van der Waals surface area (Å²) in [6.07, 6.45) is 0. The molecule has 0 bridgehead atoms. The molecule has 0 aliphatic heterocycles. The summed E-state index contributed by atoms with van der Waals surface area (Å²) in [5, 5.41) is 2.77. The number of nitrogens with zero attached hydrogens (tertiary/aromatic N) is 1. The monoisotopic (exact) mass is 268 g/mol. The lowest BCUT2D eigenvalue weighted by Crippen LogP contribution is -2.34. The maximum atomic E-state index is 13.2. The molecule has 0 spiro atoms. The zero-order chi connectivity index (χ0) is 14.3. The number of nitrogens with one attached hydrogen (secondary N) is 1. The summed E-state index contributed by atoms with van der Waals surface area (Å²) in [6, 6.07) is 3.91. The molecule has 19 heavy (non-hydrogen) atoms. The number of amides is 1. The lowest BCUT2D eigenvalue weighted by molar-refractivity contribution is 0.0945. The van der Waals surface area contributed by atoms with Crippen LogP contribution in [0, 0.1) is 5.82 Å². The number of methoxy groups -OCH3 is 1.